The third kappa shape index (κ3) is 6.08. The Morgan fingerprint density at radius 2 is 1.86 bits per heavy atom. The van der Waals surface area contributed by atoms with Crippen molar-refractivity contribution in [1.29, 1.82) is 0 Å². The quantitative estimate of drug-likeness (QED) is 0.407. The van der Waals surface area contributed by atoms with Crippen molar-refractivity contribution in [2.75, 3.05) is 6.61 Å². The second-order valence-electron chi connectivity index (χ2n) is 11.6. The molecule has 29 heavy (non-hydrogen) atoms. The first-order valence-electron chi connectivity index (χ1n) is 14.7. The lowest BCUT2D eigenvalue weighted by Crippen LogP contribution is -2.50. The fraction of sp³-hybridized carbons (Fsp3) is 1.00. The second-order valence-corrected chi connectivity index (χ2v) is 16.4. The molecule has 0 aromatic heterocycles. The molecule has 0 unspecified atom stereocenters. The van der Waals surface area contributed by atoms with E-state index in [0.717, 1.165) is 32.1 Å². The Hall–Kier alpha value is 0.0969. The summed E-state index contributed by atoms with van der Waals surface area (Å²) in [6, 6.07) is 0. The van der Waals surface area contributed by atoms with Gasteiger partial charge in [0.1, 0.15) is 0 Å². The zero-order valence-corrected chi connectivity index (χ0v) is 20.7. The molecule has 2 saturated carbocycles. The van der Waals surface area contributed by atoms with Crippen molar-refractivity contribution in [2.45, 2.75) is 129 Å². The molecular weight excluding hydrogens is 376 g/mol. The highest BCUT2D eigenvalue weighted by atomic mass is 28.4. The van der Waals surface area contributed by atoms with Crippen LogP contribution >= 0.6 is 0 Å². The zero-order chi connectivity index (χ0) is 27.1. The van der Waals surface area contributed by atoms with Crippen molar-refractivity contribution < 1.29 is 22.9 Å². The van der Waals surface area contributed by atoms with Gasteiger partial charge in [-0.1, -0.05) is 40.5 Å². The summed E-state index contributed by atoms with van der Waals surface area (Å²) < 4.78 is 52.8. The lowest BCUT2D eigenvalue weighted by Gasteiger charge is -2.50. The van der Waals surface area contributed by atoms with Gasteiger partial charge < -0.3 is 14.6 Å². The molecule has 0 amide bonds. The van der Waals surface area contributed by atoms with E-state index in [2.05, 4.69) is 40.8 Å². The minimum absolute atomic E-state index is 0.0502. The molecule has 5 atom stereocenters. The van der Waals surface area contributed by atoms with Gasteiger partial charge in [0.05, 0.1) is 5.60 Å². The van der Waals surface area contributed by atoms with E-state index >= 15 is 0 Å². The van der Waals surface area contributed by atoms with Crippen LogP contribution in [0.2, 0.25) is 18.1 Å². The van der Waals surface area contributed by atoms with Gasteiger partial charge in [0.2, 0.25) is 0 Å². The topological polar surface area (TPSA) is 49.7 Å². The van der Waals surface area contributed by atoms with Crippen LogP contribution in [0.1, 0.15) is 107 Å². The molecule has 2 fully saturated rings. The van der Waals surface area contributed by atoms with Crippen LogP contribution in [0, 0.1) is 23.2 Å². The van der Waals surface area contributed by atoms with E-state index < -0.39 is 27.6 Å². The van der Waals surface area contributed by atoms with Gasteiger partial charge in [-0.15, -0.1) is 0 Å². The summed E-state index contributed by atoms with van der Waals surface area (Å²) in [5.41, 5.74) is -2.62. The Bertz CT molecular complexity index is 689. The predicted molar refractivity (Wildman–Crippen MR) is 126 cm³/mol. The summed E-state index contributed by atoms with van der Waals surface area (Å²) in [6.45, 7) is 7.92. The lowest BCUT2D eigenvalue weighted by molar-refractivity contribution is -0.0264. The molecular formula is C25H50O3Si. The van der Waals surface area contributed by atoms with Crippen molar-refractivity contribution in [3.05, 3.63) is 0 Å². The van der Waals surface area contributed by atoms with Crippen molar-refractivity contribution in [3.8, 4) is 0 Å². The molecule has 4 heteroatoms. The molecule has 0 saturated heterocycles. The van der Waals surface area contributed by atoms with Gasteiger partial charge in [0, 0.05) is 20.9 Å². The van der Waals surface area contributed by atoms with E-state index in [4.69, 9.17) is 12.7 Å². The first-order valence-corrected chi connectivity index (χ1v) is 14.6. The Balaban J connectivity index is 2.17. The standard InChI is InChI=1S/C25H50O3Si/c1-23(2,3)29(7,8)28-22-12-10-17-25(6)20(13-14-21(22)25)19(15-18-26)11-9-16-24(4,5)27/h19-22,26-27H,9-18H2,1-8H3/t19-,20+,21-,22-,25+/m0/s1/i4D3,5D3. The summed E-state index contributed by atoms with van der Waals surface area (Å²) in [5, 5.41) is 20.6. The van der Waals surface area contributed by atoms with Gasteiger partial charge in [0.15, 0.2) is 8.32 Å². The number of hydrogen-bond acceptors (Lipinski definition) is 3. The van der Waals surface area contributed by atoms with Gasteiger partial charge in [0.25, 0.3) is 0 Å². The molecule has 0 spiro atoms. The number of fused-ring (bicyclic) bond motifs is 1. The largest absolute Gasteiger partial charge is 0.414 e. The molecule has 0 heterocycles. The van der Waals surface area contributed by atoms with E-state index in [1.54, 1.807) is 0 Å². The highest BCUT2D eigenvalue weighted by Crippen LogP contribution is 2.60. The van der Waals surface area contributed by atoms with Crippen LogP contribution in [0.4, 0.5) is 0 Å². The smallest absolute Gasteiger partial charge is 0.192 e. The van der Waals surface area contributed by atoms with Crippen LogP contribution in [0.25, 0.3) is 0 Å². The van der Waals surface area contributed by atoms with E-state index in [9.17, 15) is 10.2 Å². The van der Waals surface area contributed by atoms with E-state index in [1.807, 2.05) is 0 Å². The van der Waals surface area contributed by atoms with Crippen LogP contribution in [0.15, 0.2) is 0 Å². The summed E-state index contributed by atoms with van der Waals surface area (Å²) in [5.74, 6) is 1.01. The van der Waals surface area contributed by atoms with Crippen LogP contribution in [0.3, 0.4) is 0 Å². The molecule has 3 nitrogen and oxygen atoms in total. The van der Waals surface area contributed by atoms with Gasteiger partial charge >= 0.3 is 0 Å². The Morgan fingerprint density at radius 3 is 2.45 bits per heavy atom. The fourth-order valence-corrected chi connectivity index (χ4v) is 7.36. The summed E-state index contributed by atoms with van der Waals surface area (Å²) in [6.07, 6.45) is 6.95. The SMILES string of the molecule is [2H]C([2H])([2H])C(O)(CCC[C@@H](CCO)[C@H]1CC[C@H]2[C@@H](O[Si](C)(C)C(C)(C)C)CCC[C@]12C)C([2H])([2H])[2H]. The second kappa shape index (κ2) is 9.30. The minimum atomic E-state index is -2.98. The molecule has 0 aromatic rings. The zero-order valence-electron chi connectivity index (χ0n) is 25.7. The highest BCUT2D eigenvalue weighted by Gasteiger charge is 2.54. The molecule has 0 aliphatic heterocycles. The van der Waals surface area contributed by atoms with Gasteiger partial charge in [-0.2, -0.15) is 0 Å². The van der Waals surface area contributed by atoms with Gasteiger partial charge in [-0.3, -0.25) is 0 Å². The summed E-state index contributed by atoms with van der Waals surface area (Å²) in [7, 11) is -1.90. The Labute approximate surface area is 190 Å². The Morgan fingerprint density at radius 1 is 1.17 bits per heavy atom. The number of aliphatic hydroxyl groups excluding tert-OH is 1. The molecule has 2 N–H and O–H groups in total. The maximum Gasteiger partial charge on any atom is 0.192 e. The van der Waals surface area contributed by atoms with Crippen molar-refractivity contribution in [1.82, 2.24) is 0 Å². The predicted octanol–water partition coefficient (Wildman–Crippen LogP) is 6.53. The van der Waals surface area contributed by atoms with Crippen LogP contribution < -0.4 is 0 Å². The van der Waals surface area contributed by atoms with Crippen molar-refractivity contribution in [3.63, 3.8) is 0 Å². The third-order valence-corrected chi connectivity index (χ3v) is 13.1. The summed E-state index contributed by atoms with van der Waals surface area (Å²) >= 11 is 0. The molecule has 0 radical (unpaired) electrons. The Kier molecular flexibility index (Phi) is 5.65. The number of hydrogen-bond donors (Lipinski definition) is 2. The summed E-state index contributed by atoms with van der Waals surface area (Å²) in [4.78, 5) is 0. The first-order chi connectivity index (χ1) is 15.7. The maximum absolute atomic E-state index is 10.7. The van der Waals surface area contributed by atoms with Gasteiger partial charge in [-0.05, 0) is 100.0 Å². The highest BCUT2D eigenvalue weighted by molar-refractivity contribution is 6.74. The number of rotatable bonds is 9. The molecule has 0 bridgehead atoms. The normalized spacial score (nSPS) is 36.2. The monoisotopic (exact) mass is 432 g/mol. The lowest BCUT2D eigenvalue weighted by atomic mass is 9.60. The van der Waals surface area contributed by atoms with Crippen LogP contribution in [-0.4, -0.2) is 36.8 Å². The average Bonchev–Trinajstić information content (AvgIpc) is 3.02. The van der Waals surface area contributed by atoms with Crippen molar-refractivity contribution >= 4 is 8.32 Å². The van der Waals surface area contributed by atoms with E-state index in [0.29, 0.717) is 31.1 Å². The molecule has 2 rings (SSSR count). The third-order valence-electron chi connectivity index (χ3n) is 8.57. The van der Waals surface area contributed by atoms with Crippen LogP contribution in [-0.2, 0) is 4.43 Å². The van der Waals surface area contributed by atoms with E-state index in [1.165, 1.54) is 0 Å². The van der Waals surface area contributed by atoms with Crippen molar-refractivity contribution in [2.24, 2.45) is 23.2 Å². The molecule has 2 aliphatic rings. The average molecular weight is 433 g/mol. The van der Waals surface area contributed by atoms with E-state index in [-0.39, 0.29) is 35.5 Å². The fourth-order valence-electron chi connectivity index (χ4n) is 5.96. The molecule has 172 valence electrons. The number of aliphatic hydroxyl groups is 2. The minimum Gasteiger partial charge on any atom is -0.414 e. The molecule has 0 aromatic carbocycles. The molecule has 2 aliphatic carbocycles. The maximum atomic E-state index is 10.7. The first kappa shape index (κ1) is 17.6. The van der Waals surface area contributed by atoms with Gasteiger partial charge in [-0.25, -0.2) is 0 Å². The van der Waals surface area contributed by atoms with Crippen LogP contribution in [0.5, 0.6) is 0 Å².